The molecule has 2 unspecified atom stereocenters. The number of Topliss-reactive ketones (excluding diaryl/α,β-unsaturated/α-hetero) is 1. The van der Waals surface area contributed by atoms with Crippen LogP contribution in [0.4, 0.5) is 0 Å². The molecule has 0 saturated heterocycles. The summed E-state index contributed by atoms with van der Waals surface area (Å²) in [7, 11) is 0. The molecule has 120 valence electrons. The number of rotatable bonds is 1. The molecule has 2 heteroatoms. The van der Waals surface area contributed by atoms with Gasteiger partial charge >= 0.3 is 0 Å². The Morgan fingerprint density at radius 3 is 2.50 bits per heavy atom. The highest BCUT2D eigenvalue weighted by molar-refractivity contribution is 5.92. The lowest BCUT2D eigenvalue weighted by molar-refractivity contribution is -0.134. The monoisotopic (exact) mass is 300 g/mol. The second-order valence-corrected chi connectivity index (χ2v) is 8.43. The molecule has 2 nitrogen and oxygen atoms in total. The van der Waals surface area contributed by atoms with Gasteiger partial charge in [-0.3, -0.25) is 4.79 Å². The summed E-state index contributed by atoms with van der Waals surface area (Å²) in [5.41, 5.74) is 3.12. The number of aryl methyl sites for hydroxylation is 1. The van der Waals surface area contributed by atoms with Gasteiger partial charge in [-0.25, -0.2) is 0 Å². The van der Waals surface area contributed by atoms with Crippen LogP contribution in [0.15, 0.2) is 12.1 Å². The highest BCUT2D eigenvalue weighted by Crippen LogP contribution is 2.56. The maximum absolute atomic E-state index is 12.8. The number of aromatic hydroxyl groups is 1. The number of phenolic OH excluding ortho intramolecular Hbond substituents is 1. The van der Waals surface area contributed by atoms with Gasteiger partial charge in [-0.05, 0) is 66.2 Å². The van der Waals surface area contributed by atoms with Crippen LogP contribution in [-0.4, -0.2) is 10.9 Å². The van der Waals surface area contributed by atoms with Crippen molar-refractivity contribution < 1.29 is 9.90 Å². The van der Waals surface area contributed by atoms with Crippen LogP contribution in [0, 0.1) is 11.3 Å². The Morgan fingerprint density at radius 1 is 1.18 bits per heavy atom. The van der Waals surface area contributed by atoms with Crippen molar-refractivity contribution in [2.45, 2.75) is 71.6 Å². The van der Waals surface area contributed by atoms with E-state index >= 15 is 0 Å². The molecular formula is C20H28O2. The van der Waals surface area contributed by atoms with Crippen molar-refractivity contribution >= 4 is 5.78 Å². The minimum absolute atomic E-state index is 0.187. The maximum Gasteiger partial charge on any atom is 0.143 e. The van der Waals surface area contributed by atoms with E-state index < -0.39 is 5.41 Å². The van der Waals surface area contributed by atoms with E-state index in [0.29, 0.717) is 29.8 Å². The second kappa shape index (κ2) is 4.84. The number of hydrogen-bond acceptors (Lipinski definition) is 2. The number of phenols is 1. The van der Waals surface area contributed by atoms with Crippen LogP contribution < -0.4 is 0 Å². The normalized spacial score (nSPS) is 30.1. The Hall–Kier alpha value is -1.31. The molecule has 1 aromatic carbocycles. The van der Waals surface area contributed by atoms with Crippen LogP contribution in [-0.2, 0) is 16.6 Å². The van der Waals surface area contributed by atoms with Crippen LogP contribution in [0.5, 0.6) is 5.75 Å². The van der Waals surface area contributed by atoms with Gasteiger partial charge in [0.1, 0.15) is 11.5 Å². The van der Waals surface area contributed by atoms with Crippen molar-refractivity contribution in [1.29, 1.82) is 0 Å². The molecule has 22 heavy (non-hydrogen) atoms. The molecule has 1 saturated carbocycles. The molecule has 1 fully saturated rings. The Kier molecular flexibility index (Phi) is 3.43. The topological polar surface area (TPSA) is 37.3 Å². The molecular weight excluding hydrogens is 272 g/mol. The van der Waals surface area contributed by atoms with Crippen LogP contribution in [0.2, 0.25) is 0 Å². The number of carbonyl (C=O) groups is 1. The highest BCUT2D eigenvalue weighted by Gasteiger charge is 2.54. The fourth-order valence-electron chi connectivity index (χ4n) is 4.97. The second-order valence-electron chi connectivity index (χ2n) is 8.43. The lowest BCUT2D eigenvalue weighted by atomic mass is 9.50. The van der Waals surface area contributed by atoms with Crippen LogP contribution >= 0.6 is 0 Å². The lowest BCUT2D eigenvalue weighted by Crippen LogP contribution is -2.53. The summed E-state index contributed by atoms with van der Waals surface area (Å²) in [6, 6.07) is 4.04. The Bertz CT molecular complexity index is 627. The van der Waals surface area contributed by atoms with Gasteiger partial charge in [0.25, 0.3) is 0 Å². The average Bonchev–Trinajstić information content (AvgIpc) is 2.43. The zero-order valence-electron chi connectivity index (χ0n) is 14.5. The third-order valence-corrected chi connectivity index (χ3v) is 6.35. The largest absolute Gasteiger partial charge is 0.508 e. The van der Waals surface area contributed by atoms with E-state index in [1.807, 2.05) is 6.07 Å². The van der Waals surface area contributed by atoms with Gasteiger partial charge in [0.05, 0.1) is 5.41 Å². The number of hydrogen-bond donors (Lipinski definition) is 1. The first-order valence-corrected chi connectivity index (χ1v) is 8.57. The standard InChI is InChI=1S/C20H28O2/c1-12(2)14-10-13-6-7-17-19(3,4)9-8-18(22)20(17,5)15(13)11-16(14)21/h10-12,17,21H,6-9H2,1-5H3. The first-order chi connectivity index (χ1) is 10.2. The van der Waals surface area contributed by atoms with E-state index in [0.717, 1.165) is 30.4 Å². The highest BCUT2D eigenvalue weighted by atomic mass is 16.3. The van der Waals surface area contributed by atoms with Crippen molar-refractivity contribution in [1.82, 2.24) is 0 Å². The van der Waals surface area contributed by atoms with Crippen molar-refractivity contribution in [3.63, 3.8) is 0 Å². The van der Waals surface area contributed by atoms with Crippen molar-refractivity contribution in [2.24, 2.45) is 11.3 Å². The van der Waals surface area contributed by atoms with Gasteiger partial charge in [-0.1, -0.05) is 33.8 Å². The van der Waals surface area contributed by atoms with E-state index in [4.69, 9.17) is 0 Å². The summed E-state index contributed by atoms with van der Waals surface area (Å²) in [5, 5.41) is 10.4. The lowest BCUT2D eigenvalue weighted by Gasteiger charge is -2.53. The van der Waals surface area contributed by atoms with Gasteiger partial charge in [0.15, 0.2) is 0 Å². The third kappa shape index (κ3) is 2.03. The van der Waals surface area contributed by atoms with Crippen LogP contribution in [0.25, 0.3) is 0 Å². The molecule has 2 aliphatic rings. The Morgan fingerprint density at radius 2 is 1.86 bits per heavy atom. The molecule has 0 aromatic heterocycles. The molecule has 2 aliphatic carbocycles. The summed E-state index contributed by atoms with van der Waals surface area (Å²) in [4.78, 5) is 12.8. The van der Waals surface area contributed by atoms with Gasteiger partial charge in [0, 0.05) is 6.42 Å². The molecule has 0 aliphatic heterocycles. The van der Waals surface area contributed by atoms with Gasteiger partial charge in [0.2, 0.25) is 0 Å². The van der Waals surface area contributed by atoms with E-state index in [1.54, 1.807) is 0 Å². The predicted octanol–water partition coefficient (Wildman–Crippen LogP) is 4.72. The molecule has 0 spiro atoms. The number of ketones is 1. The third-order valence-electron chi connectivity index (χ3n) is 6.35. The molecule has 1 N–H and O–H groups in total. The van der Waals surface area contributed by atoms with E-state index in [2.05, 4.69) is 40.7 Å². The fraction of sp³-hybridized carbons (Fsp3) is 0.650. The summed E-state index contributed by atoms with van der Waals surface area (Å²) >= 11 is 0. The number of carbonyl (C=O) groups excluding carboxylic acids is 1. The first-order valence-electron chi connectivity index (χ1n) is 8.57. The summed E-state index contributed by atoms with van der Waals surface area (Å²) in [5.74, 6) is 1.38. The molecule has 0 bridgehead atoms. The number of benzene rings is 1. The van der Waals surface area contributed by atoms with Gasteiger partial charge < -0.3 is 5.11 Å². The Balaban J connectivity index is 2.19. The smallest absolute Gasteiger partial charge is 0.143 e. The average molecular weight is 300 g/mol. The maximum atomic E-state index is 12.8. The van der Waals surface area contributed by atoms with E-state index in [9.17, 15) is 9.90 Å². The first kappa shape index (κ1) is 15.6. The molecule has 0 heterocycles. The minimum atomic E-state index is -0.428. The van der Waals surface area contributed by atoms with E-state index in [-0.39, 0.29) is 5.41 Å². The van der Waals surface area contributed by atoms with E-state index in [1.165, 1.54) is 5.56 Å². The van der Waals surface area contributed by atoms with Crippen molar-refractivity contribution in [2.75, 3.05) is 0 Å². The summed E-state index contributed by atoms with van der Waals surface area (Å²) < 4.78 is 0. The summed E-state index contributed by atoms with van der Waals surface area (Å²) in [6.07, 6.45) is 3.74. The van der Waals surface area contributed by atoms with Crippen LogP contribution in [0.1, 0.15) is 76.5 Å². The van der Waals surface area contributed by atoms with Crippen molar-refractivity contribution in [3.8, 4) is 5.75 Å². The van der Waals surface area contributed by atoms with Gasteiger partial charge in [-0.15, -0.1) is 0 Å². The Labute approximate surface area is 133 Å². The zero-order valence-corrected chi connectivity index (χ0v) is 14.5. The molecule has 1 aromatic rings. The quantitative estimate of drug-likeness (QED) is 0.814. The number of fused-ring (bicyclic) bond motifs is 3. The molecule has 0 amide bonds. The van der Waals surface area contributed by atoms with Gasteiger partial charge in [-0.2, -0.15) is 0 Å². The summed E-state index contributed by atoms with van der Waals surface area (Å²) in [6.45, 7) is 10.9. The molecule has 0 radical (unpaired) electrons. The zero-order chi connectivity index (χ0) is 16.3. The molecule has 3 rings (SSSR count). The van der Waals surface area contributed by atoms with Crippen molar-refractivity contribution in [3.05, 3.63) is 28.8 Å². The van der Waals surface area contributed by atoms with Crippen LogP contribution in [0.3, 0.4) is 0 Å². The SMILES string of the molecule is CC(C)c1cc2c(cc1O)C1(C)C(=O)CCC(C)(C)C1CC2. The minimum Gasteiger partial charge on any atom is -0.508 e. The predicted molar refractivity (Wildman–Crippen MR) is 89.4 cm³/mol. The fourth-order valence-corrected chi connectivity index (χ4v) is 4.97. The molecule has 2 atom stereocenters.